The molecule has 17 heavy (non-hydrogen) atoms. The quantitative estimate of drug-likeness (QED) is 0.782. The van der Waals surface area contributed by atoms with E-state index >= 15 is 0 Å². The Morgan fingerprint density at radius 1 is 1.06 bits per heavy atom. The van der Waals surface area contributed by atoms with E-state index in [4.69, 9.17) is 0 Å². The summed E-state index contributed by atoms with van der Waals surface area (Å²) in [4.78, 5) is 22.4. The smallest absolute Gasteiger partial charge is 0.247 e. The molecule has 0 aliphatic carbocycles. The Kier molecular flexibility index (Phi) is 2.41. The Morgan fingerprint density at radius 3 is 2.18 bits per heavy atom. The van der Waals surface area contributed by atoms with Gasteiger partial charge in [0.15, 0.2) is 0 Å². The lowest BCUT2D eigenvalue weighted by atomic mass is 10.2. The van der Waals surface area contributed by atoms with Crippen molar-refractivity contribution in [3.8, 4) is 5.69 Å². The highest BCUT2D eigenvalue weighted by Crippen LogP contribution is 2.29. The van der Waals surface area contributed by atoms with E-state index < -0.39 is 23.1 Å². The number of hydrogen-bond donors (Lipinski definition) is 2. The summed E-state index contributed by atoms with van der Waals surface area (Å²) in [7, 11) is 0. The Balaban J connectivity index is 2.63. The van der Waals surface area contributed by atoms with Crippen LogP contribution in [0.4, 0.5) is 13.2 Å². The van der Waals surface area contributed by atoms with Crippen LogP contribution in [0, 0.1) is 0 Å². The van der Waals surface area contributed by atoms with Crippen LogP contribution in [0.2, 0.25) is 0 Å². The summed E-state index contributed by atoms with van der Waals surface area (Å²) in [6.45, 7) is 0. The number of benzene rings is 1. The zero-order chi connectivity index (χ0) is 12.6. The molecule has 0 spiro atoms. The molecule has 0 radical (unpaired) electrons. The van der Waals surface area contributed by atoms with E-state index in [0.29, 0.717) is 4.57 Å². The lowest BCUT2D eigenvalue weighted by Crippen LogP contribution is -2.24. The number of aromatic amines is 2. The molecule has 8 heteroatoms. The fourth-order valence-corrected chi connectivity index (χ4v) is 1.37. The summed E-state index contributed by atoms with van der Waals surface area (Å²) in [6.07, 6.45) is -4.53. The molecule has 5 nitrogen and oxygen atoms in total. The van der Waals surface area contributed by atoms with Gasteiger partial charge < -0.3 is 0 Å². The highest BCUT2D eigenvalue weighted by Gasteiger charge is 2.30. The monoisotopic (exact) mass is 245 g/mol. The van der Waals surface area contributed by atoms with Crippen LogP contribution in [0.1, 0.15) is 5.56 Å². The first-order valence-corrected chi connectivity index (χ1v) is 4.47. The number of hydrogen-bond acceptors (Lipinski definition) is 2. The minimum absolute atomic E-state index is 0.146. The van der Waals surface area contributed by atoms with Gasteiger partial charge >= 0.3 is 17.6 Å². The normalized spacial score (nSPS) is 11.7. The molecule has 1 aromatic carbocycles. The first-order chi connectivity index (χ1) is 7.89. The van der Waals surface area contributed by atoms with E-state index in [1.54, 1.807) is 0 Å². The average Bonchev–Trinajstić information content (AvgIpc) is 2.57. The van der Waals surface area contributed by atoms with Crippen molar-refractivity contribution in [3.05, 3.63) is 50.8 Å². The van der Waals surface area contributed by atoms with Crippen LogP contribution < -0.4 is 11.4 Å². The van der Waals surface area contributed by atoms with Gasteiger partial charge in [-0.25, -0.2) is 24.4 Å². The molecule has 0 bridgehead atoms. The molecule has 0 aliphatic heterocycles. The highest BCUT2D eigenvalue weighted by atomic mass is 19.4. The summed E-state index contributed by atoms with van der Waals surface area (Å²) in [6, 6.07) is 3.94. The predicted octanol–water partition coefficient (Wildman–Crippen LogP) is 0.873. The minimum Gasteiger partial charge on any atom is -0.247 e. The Hall–Kier alpha value is -2.25. The molecule has 0 aliphatic rings. The number of nitrogens with zero attached hydrogens (tertiary/aromatic N) is 1. The van der Waals surface area contributed by atoms with Crippen molar-refractivity contribution in [1.82, 2.24) is 14.8 Å². The van der Waals surface area contributed by atoms with Crippen LogP contribution in [0.25, 0.3) is 5.69 Å². The lowest BCUT2D eigenvalue weighted by Gasteiger charge is -2.07. The van der Waals surface area contributed by atoms with Crippen LogP contribution >= 0.6 is 0 Å². The zero-order valence-electron chi connectivity index (χ0n) is 8.21. The zero-order valence-corrected chi connectivity index (χ0v) is 8.21. The maximum Gasteiger partial charge on any atom is 0.416 e. The van der Waals surface area contributed by atoms with Crippen molar-refractivity contribution in [2.24, 2.45) is 0 Å². The third-order valence-corrected chi connectivity index (χ3v) is 2.11. The van der Waals surface area contributed by atoms with Crippen LogP contribution in [-0.2, 0) is 6.18 Å². The van der Waals surface area contributed by atoms with Crippen molar-refractivity contribution in [2.45, 2.75) is 6.18 Å². The molecule has 0 unspecified atom stereocenters. The summed E-state index contributed by atoms with van der Waals surface area (Å²) in [5.74, 6) is 0. The van der Waals surface area contributed by atoms with Crippen LogP contribution in [0.15, 0.2) is 33.9 Å². The second-order valence-corrected chi connectivity index (χ2v) is 3.24. The second-order valence-electron chi connectivity index (χ2n) is 3.24. The average molecular weight is 245 g/mol. The van der Waals surface area contributed by atoms with Gasteiger partial charge in [-0.3, -0.25) is 0 Å². The number of aromatic nitrogens is 3. The third-order valence-electron chi connectivity index (χ3n) is 2.11. The number of alkyl halides is 3. The van der Waals surface area contributed by atoms with Crippen LogP contribution in [0.3, 0.4) is 0 Å². The van der Waals surface area contributed by atoms with Crippen LogP contribution in [0.5, 0.6) is 0 Å². The van der Waals surface area contributed by atoms with Gasteiger partial charge in [0, 0.05) is 0 Å². The molecule has 0 fully saturated rings. The molecule has 1 heterocycles. The molecule has 2 aromatic rings. The number of nitrogens with one attached hydrogen (secondary N) is 2. The molecular weight excluding hydrogens is 239 g/mol. The standard InChI is InChI=1S/C9H6F3N3O2/c10-9(11,12)5-2-1-3-6(4-5)15-7(16)13-14-8(15)17/h1-4H,(H,13,16)(H,14,17). The maximum atomic E-state index is 12.4. The molecule has 0 saturated carbocycles. The minimum atomic E-state index is -4.53. The lowest BCUT2D eigenvalue weighted by molar-refractivity contribution is -0.137. The number of H-pyrrole nitrogens is 2. The SMILES string of the molecule is O=c1[nH][nH]c(=O)n1-c1cccc(C(F)(F)F)c1. The maximum absolute atomic E-state index is 12.4. The first kappa shape index (κ1) is 11.2. The van der Waals surface area contributed by atoms with Gasteiger partial charge in [0.2, 0.25) is 0 Å². The van der Waals surface area contributed by atoms with Crippen LogP contribution in [-0.4, -0.2) is 14.8 Å². The van der Waals surface area contributed by atoms with Gasteiger partial charge in [-0.15, -0.1) is 0 Å². The fourth-order valence-electron chi connectivity index (χ4n) is 1.37. The van der Waals surface area contributed by atoms with E-state index in [9.17, 15) is 22.8 Å². The molecule has 0 atom stereocenters. The van der Waals surface area contributed by atoms with Gasteiger partial charge in [0.25, 0.3) is 0 Å². The molecule has 2 N–H and O–H groups in total. The van der Waals surface area contributed by atoms with Crippen molar-refractivity contribution >= 4 is 0 Å². The van der Waals surface area contributed by atoms with E-state index in [1.165, 1.54) is 6.07 Å². The van der Waals surface area contributed by atoms with Gasteiger partial charge in [-0.2, -0.15) is 13.2 Å². The summed E-state index contributed by atoms with van der Waals surface area (Å²) in [5, 5.41) is 3.96. The van der Waals surface area contributed by atoms with Gasteiger partial charge in [0.05, 0.1) is 11.3 Å². The summed E-state index contributed by atoms with van der Waals surface area (Å²) >= 11 is 0. The molecule has 90 valence electrons. The summed E-state index contributed by atoms with van der Waals surface area (Å²) < 4.78 is 37.9. The van der Waals surface area contributed by atoms with E-state index in [-0.39, 0.29) is 5.69 Å². The van der Waals surface area contributed by atoms with Gasteiger partial charge in [-0.05, 0) is 18.2 Å². The fraction of sp³-hybridized carbons (Fsp3) is 0.111. The van der Waals surface area contributed by atoms with E-state index in [2.05, 4.69) is 0 Å². The number of rotatable bonds is 1. The molecule has 0 amide bonds. The Morgan fingerprint density at radius 2 is 1.65 bits per heavy atom. The van der Waals surface area contributed by atoms with Crippen molar-refractivity contribution in [1.29, 1.82) is 0 Å². The summed E-state index contributed by atoms with van der Waals surface area (Å²) in [5.41, 5.74) is -2.72. The number of halogens is 3. The topological polar surface area (TPSA) is 70.7 Å². The predicted molar refractivity (Wildman–Crippen MR) is 52.0 cm³/mol. The van der Waals surface area contributed by atoms with Crippen molar-refractivity contribution in [3.63, 3.8) is 0 Å². The Bertz CT molecular complexity index is 623. The first-order valence-electron chi connectivity index (χ1n) is 4.47. The Labute approximate surface area is 91.5 Å². The molecule has 0 saturated heterocycles. The molecule has 1 aromatic heterocycles. The van der Waals surface area contributed by atoms with Gasteiger partial charge in [-0.1, -0.05) is 6.07 Å². The molecular formula is C9H6F3N3O2. The highest BCUT2D eigenvalue weighted by molar-refractivity contribution is 5.36. The second kappa shape index (κ2) is 3.65. The molecule has 2 rings (SSSR count). The van der Waals surface area contributed by atoms with E-state index in [1.807, 2.05) is 10.2 Å². The van der Waals surface area contributed by atoms with Crippen molar-refractivity contribution in [2.75, 3.05) is 0 Å². The van der Waals surface area contributed by atoms with Crippen molar-refractivity contribution < 1.29 is 13.2 Å². The van der Waals surface area contributed by atoms with Gasteiger partial charge in [0.1, 0.15) is 0 Å². The van der Waals surface area contributed by atoms with E-state index in [0.717, 1.165) is 18.2 Å². The largest absolute Gasteiger partial charge is 0.416 e. The third kappa shape index (κ3) is 2.01.